The number of hydrogen-bond acceptors (Lipinski definition) is 5. The van der Waals surface area contributed by atoms with Gasteiger partial charge >= 0.3 is 6.18 Å². The van der Waals surface area contributed by atoms with E-state index in [2.05, 4.69) is 20.6 Å². The largest absolute Gasteiger partial charge is 0.417 e. The summed E-state index contributed by atoms with van der Waals surface area (Å²) < 4.78 is 38.1. The van der Waals surface area contributed by atoms with E-state index in [1.807, 2.05) is 0 Å². The number of rotatable bonds is 4. The second-order valence-electron chi connectivity index (χ2n) is 6.67. The molecule has 11 heteroatoms. The Morgan fingerprint density at radius 1 is 1.24 bits per heavy atom. The molecule has 1 fully saturated rings. The molecule has 154 valence electrons. The molecule has 2 aromatic rings. The van der Waals surface area contributed by atoms with Crippen LogP contribution in [0, 0.1) is 6.92 Å². The zero-order chi connectivity index (χ0) is 21.3. The Kier molecular flexibility index (Phi) is 5.65. The highest BCUT2D eigenvalue weighted by Crippen LogP contribution is 2.34. The van der Waals surface area contributed by atoms with Gasteiger partial charge in [-0.05, 0) is 25.1 Å². The van der Waals surface area contributed by atoms with E-state index in [0.29, 0.717) is 24.3 Å². The minimum Gasteiger partial charge on any atom is -0.351 e. The summed E-state index contributed by atoms with van der Waals surface area (Å²) in [5, 5.41) is 5.25. The van der Waals surface area contributed by atoms with Crippen molar-refractivity contribution in [2.45, 2.75) is 26.1 Å². The van der Waals surface area contributed by atoms with Crippen molar-refractivity contribution in [2.24, 2.45) is 0 Å². The van der Waals surface area contributed by atoms with Crippen molar-refractivity contribution in [1.82, 2.24) is 15.3 Å². The number of carbonyl (C=O) groups is 2. The van der Waals surface area contributed by atoms with Gasteiger partial charge in [0.15, 0.2) is 0 Å². The number of anilines is 2. The number of pyridine rings is 2. The zero-order valence-electron chi connectivity index (χ0n) is 15.5. The smallest absolute Gasteiger partial charge is 0.351 e. The Hall–Kier alpha value is -2.88. The molecule has 0 bridgehead atoms. The molecule has 1 aliphatic rings. The van der Waals surface area contributed by atoms with E-state index < -0.39 is 11.7 Å². The number of halogens is 4. The monoisotopic (exact) mass is 427 g/mol. The molecule has 1 aliphatic heterocycles. The molecule has 7 nitrogen and oxygen atoms in total. The van der Waals surface area contributed by atoms with Crippen LogP contribution in [0.15, 0.2) is 24.4 Å². The maximum absolute atomic E-state index is 12.7. The molecule has 0 spiro atoms. The predicted molar refractivity (Wildman–Crippen MR) is 101 cm³/mol. The molecule has 0 aromatic carbocycles. The highest BCUT2D eigenvalue weighted by Gasteiger charge is 2.34. The van der Waals surface area contributed by atoms with Crippen molar-refractivity contribution in [3.05, 3.63) is 46.2 Å². The summed E-state index contributed by atoms with van der Waals surface area (Å²) in [6, 6.07) is 3.67. The van der Waals surface area contributed by atoms with Crippen molar-refractivity contribution in [3.63, 3.8) is 0 Å². The molecular weight excluding hydrogens is 411 g/mol. The Labute approximate surface area is 169 Å². The van der Waals surface area contributed by atoms with Crippen LogP contribution in [0.1, 0.15) is 28.5 Å². The third-order valence-corrected chi connectivity index (χ3v) is 4.46. The summed E-state index contributed by atoms with van der Waals surface area (Å²) in [5.74, 6) is -0.139. The molecule has 2 amide bonds. The van der Waals surface area contributed by atoms with Gasteiger partial charge in [-0.1, -0.05) is 11.6 Å². The fourth-order valence-electron chi connectivity index (χ4n) is 2.87. The van der Waals surface area contributed by atoms with Crippen molar-refractivity contribution in [1.29, 1.82) is 0 Å². The van der Waals surface area contributed by atoms with Crippen LogP contribution in [-0.2, 0) is 11.0 Å². The Bertz CT molecular complexity index is 961. The van der Waals surface area contributed by atoms with Gasteiger partial charge < -0.3 is 15.5 Å². The highest BCUT2D eigenvalue weighted by molar-refractivity contribution is 6.33. The Morgan fingerprint density at radius 3 is 2.52 bits per heavy atom. The van der Waals surface area contributed by atoms with E-state index in [1.54, 1.807) is 17.9 Å². The average molecular weight is 428 g/mol. The van der Waals surface area contributed by atoms with Gasteiger partial charge in [0.25, 0.3) is 5.91 Å². The lowest BCUT2D eigenvalue weighted by Gasteiger charge is -2.40. The third-order valence-electron chi connectivity index (χ3n) is 4.19. The first-order chi connectivity index (χ1) is 13.5. The lowest BCUT2D eigenvalue weighted by Crippen LogP contribution is -2.59. The van der Waals surface area contributed by atoms with Gasteiger partial charge in [-0.3, -0.25) is 9.59 Å². The summed E-state index contributed by atoms with van der Waals surface area (Å²) in [6.45, 7) is 3.75. The summed E-state index contributed by atoms with van der Waals surface area (Å²) in [4.78, 5) is 33.3. The first-order valence-corrected chi connectivity index (χ1v) is 8.95. The summed E-state index contributed by atoms with van der Waals surface area (Å²) in [7, 11) is 0. The maximum atomic E-state index is 12.7. The van der Waals surface area contributed by atoms with Gasteiger partial charge in [0.1, 0.15) is 11.6 Å². The summed E-state index contributed by atoms with van der Waals surface area (Å²) in [6.07, 6.45) is -3.78. The number of nitrogens with one attached hydrogen (secondary N) is 2. The second-order valence-corrected chi connectivity index (χ2v) is 7.07. The minimum absolute atomic E-state index is 0.102. The SMILES string of the molecule is CC(=O)Nc1cc(C(=O)NC2CN(c3ncc(C(F)(F)F)cc3Cl)C2)cc(C)n1. The van der Waals surface area contributed by atoms with Crippen LogP contribution >= 0.6 is 11.6 Å². The topological polar surface area (TPSA) is 87.2 Å². The number of aryl methyl sites for hydroxylation is 1. The van der Waals surface area contributed by atoms with Crippen LogP contribution in [0.3, 0.4) is 0 Å². The number of carbonyl (C=O) groups excluding carboxylic acids is 2. The van der Waals surface area contributed by atoms with Gasteiger partial charge in [0.05, 0.1) is 16.6 Å². The molecule has 0 radical (unpaired) electrons. The lowest BCUT2D eigenvalue weighted by atomic mass is 10.1. The van der Waals surface area contributed by atoms with Crippen LogP contribution in [-0.4, -0.2) is 40.9 Å². The van der Waals surface area contributed by atoms with E-state index in [1.165, 1.54) is 13.0 Å². The predicted octanol–water partition coefficient (Wildman–Crippen LogP) is 3.03. The molecule has 0 aliphatic carbocycles. The fraction of sp³-hybridized carbons (Fsp3) is 0.333. The Balaban J connectivity index is 1.62. The molecule has 3 heterocycles. The van der Waals surface area contributed by atoms with Gasteiger partial charge in [0, 0.05) is 37.5 Å². The van der Waals surface area contributed by atoms with Crippen molar-refractivity contribution < 1.29 is 22.8 Å². The summed E-state index contributed by atoms with van der Waals surface area (Å²) >= 11 is 5.94. The molecule has 1 saturated heterocycles. The second kappa shape index (κ2) is 7.86. The van der Waals surface area contributed by atoms with Crippen molar-refractivity contribution >= 4 is 35.1 Å². The van der Waals surface area contributed by atoms with Gasteiger partial charge in [-0.2, -0.15) is 13.2 Å². The molecule has 29 heavy (non-hydrogen) atoms. The minimum atomic E-state index is -4.51. The van der Waals surface area contributed by atoms with Crippen LogP contribution in [0.2, 0.25) is 5.02 Å². The molecule has 3 rings (SSSR count). The summed E-state index contributed by atoms with van der Waals surface area (Å²) in [5.41, 5.74) is -0.0117. The standard InChI is InChI=1S/C18H17ClF3N5O2/c1-9-3-11(4-15(24-9)25-10(2)28)17(29)26-13-7-27(8-13)16-14(19)5-12(6-23-16)18(20,21)22/h3-6,13H,7-8H2,1-2H3,(H,26,29)(H,24,25,28). The Morgan fingerprint density at radius 2 is 1.93 bits per heavy atom. The van der Waals surface area contributed by atoms with E-state index in [-0.39, 0.29) is 34.5 Å². The molecule has 0 atom stereocenters. The number of hydrogen-bond donors (Lipinski definition) is 2. The average Bonchev–Trinajstić information content (AvgIpc) is 2.56. The van der Waals surface area contributed by atoms with Gasteiger partial charge in [-0.25, -0.2) is 9.97 Å². The highest BCUT2D eigenvalue weighted by atomic mass is 35.5. The van der Waals surface area contributed by atoms with Gasteiger partial charge in [0.2, 0.25) is 5.91 Å². The maximum Gasteiger partial charge on any atom is 0.417 e. The zero-order valence-corrected chi connectivity index (χ0v) is 16.2. The quantitative estimate of drug-likeness (QED) is 0.783. The van der Waals surface area contributed by atoms with Crippen molar-refractivity contribution in [2.75, 3.05) is 23.3 Å². The van der Waals surface area contributed by atoms with E-state index >= 15 is 0 Å². The lowest BCUT2D eigenvalue weighted by molar-refractivity contribution is -0.137. The molecular formula is C18H17ClF3N5O2. The van der Waals surface area contributed by atoms with Gasteiger partial charge in [-0.15, -0.1) is 0 Å². The molecule has 0 unspecified atom stereocenters. The molecule has 2 N–H and O–H groups in total. The number of aromatic nitrogens is 2. The first kappa shape index (κ1) is 20.8. The first-order valence-electron chi connectivity index (χ1n) is 8.58. The van der Waals surface area contributed by atoms with Crippen LogP contribution < -0.4 is 15.5 Å². The number of nitrogens with zero attached hydrogens (tertiary/aromatic N) is 3. The van der Waals surface area contributed by atoms with E-state index in [9.17, 15) is 22.8 Å². The fourth-order valence-corrected chi connectivity index (χ4v) is 3.16. The molecule has 2 aromatic heterocycles. The third kappa shape index (κ3) is 4.94. The van der Waals surface area contributed by atoms with Crippen LogP contribution in [0.5, 0.6) is 0 Å². The molecule has 0 saturated carbocycles. The van der Waals surface area contributed by atoms with Crippen molar-refractivity contribution in [3.8, 4) is 0 Å². The van der Waals surface area contributed by atoms with E-state index in [0.717, 1.165) is 12.3 Å². The number of alkyl halides is 3. The van der Waals surface area contributed by atoms with E-state index in [4.69, 9.17) is 11.6 Å². The number of amides is 2. The normalized spacial score (nSPS) is 14.3. The van der Waals surface area contributed by atoms with Crippen LogP contribution in [0.25, 0.3) is 0 Å². The van der Waals surface area contributed by atoms with Crippen LogP contribution in [0.4, 0.5) is 24.8 Å².